The molecule has 6 nitrogen and oxygen atoms in total. The van der Waals surface area contributed by atoms with Gasteiger partial charge in [0.1, 0.15) is 0 Å². The van der Waals surface area contributed by atoms with E-state index in [-0.39, 0.29) is 24.3 Å². The SMILES string of the molecule is C=CC(=O)Nc1cccc(CC(=O)NC(c2ccccc2)c2ccnn2C)c1. The predicted octanol–water partition coefficient (Wildman–Crippen LogP) is 2.99. The van der Waals surface area contributed by atoms with Crippen LogP contribution in [0.15, 0.2) is 79.5 Å². The van der Waals surface area contributed by atoms with Gasteiger partial charge < -0.3 is 10.6 Å². The van der Waals surface area contributed by atoms with E-state index in [1.54, 1.807) is 29.1 Å². The summed E-state index contributed by atoms with van der Waals surface area (Å²) in [6.45, 7) is 3.44. The first-order chi connectivity index (χ1) is 13.6. The van der Waals surface area contributed by atoms with Crippen LogP contribution in [0.3, 0.4) is 0 Å². The Labute approximate surface area is 163 Å². The average molecular weight is 374 g/mol. The smallest absolute Gasteiger partial charge is 0.247 e. The first-order valence-corrected chi connectivity index (χ1v) is 8.91. The second-order valence-electron chi connectivity index (χ2n) is 6.36. The lowest BCUT2D eigenvalue weighted by Crippen LogP contribution is -2.31. The molecule has 0 radical (unpaired) electrons. The van der Waals surface area contributed by atoms with Gasteiger partial charge in [0.05, 0.1) is 18.2 Å². The van der Waals surface area contributed by atoms with Crippen LogP contribution in [0.2, 0.25) is 0 Å². The number of amides is 2. The van der Waals surface area contributed by atoms with Crippen molar-refractivity contribution in [2.75, 3.05) is 5.32 Å². The van der Waals surface area contributed by atoms with Crippen LogP contribution in [0.4, 0.5) is 5.69 Å². The molecular formula is C22H22N4O2. The van der Waals surface area contributed by atoms with Crippen LogP contribution in [-0.2, 0) is 23.1 Å². The highest BCUT2D eigenvalue weighted by molar-refractivity contribution is 5.98. The third kappa shape index (κ3) is 4.73. The summed E-state index contributed by atoms with van der Waals surface area (Å²) in [4.78, 5) is 24.2. The van der Waals surface area contributed by atoms with E-state index in [1.807, 2.05) is 49.5 Å². The normalized spacial score (nSPS) is 11.5. The Bertz CT molecular complexity index is 979. The number of anilines is 1. The van der Waals surface area contributed by atoms with Gasteiger partial charge >= 0.3 is 0 Å². The molecule has 1 aromatic heterocycles. The summed E-state index contributed by atoms with van der Waals surface area (Å²) in [6.07, 6.45) is 3.11. The molecule has 0 bridgehead atoms. The fraction of sp³-hybridized carbons (Fsp3) is 0.136. The highest BCUT2D eigenvalue weighted by Gasteiger charge is 2.19. The minimum atomic E-state index is -0.301. The van der Waals surface area contributed by atoms with E-state index < -0.39 is 0 Å². The summed E-state index contributed by atoms with van der Waals surface area (Å²) < 4.78 is 1.75. The van der Waals surface area contributed by atoms with Crippen molar-refractivity contribution in [2.24, 2.45) is 7.05 Å². The van der Waals surface area contributed by atoms with Crippen LogP contribution < -0.4 is 10.6 Å². The fourth-order valence-corrected chi connectivity index (χ4v) is 2.99. The van der Waals surface area contributed by atoms with Gasteiger partial charge in [-0.25, -0.2) is 0 Å². The minimum absolute atomic E-state index is 0.123. The first-order valence-electron chi connectivity index (χ1n) is 8.91. The number of hydrogen-bond acceptors (Lipinski definition) is 3. The Kier molecular flexibility index (Phi) is 6.01. The van der Waals surface area contributed by atoms with E-state index in [9.17, 15) is 9.59 Å². The van der Waals surface area contributed by atoms with E-state index in [2.05, 4.69) is 22.3 Å². The third-order valence-electron chi connectivity index (χ3n) is 4.34. The van der Waals surface area contributed by atoms with Gasteiger partial charge in [-0.1, -0.05) is 49.0 Å². The van der Waals surface area contributed by atoms with E-state index in [0.29, 0.717) is 5.69 Å². The van der Waals surface area contributed by atoms with E-state index >= 15 is 0 Å². The Morgan fingerprint density at radius 3 is 2.61 bits per heavy atom. The zero-order valence-electron chi connectivity index (χ0n) is 15.6. The van der Waals surface area contributed by atoms with E-state index in [1.165, 1.54) is 6.08 Å². The second kappa shape index (κ2) is 8.81. The lowest BCUT2D eigenvalue weighted by atomic mass is 10.0. The molecule has 2 amide bonds. The Morgan fingerprint density at radius 2 is 1.93 bits per heavy atom. The summed E-state index contributed by atoms with van der Waals surface area (Å²) >= 11 is 0. The number of hydrogen-bond donors (Lipinski definition) is 2. The average Bonchev–Trinajstić information content (AvgIpc) is 3.12. The topological polar surface area (TPSA) is 76.0 Å². The number of nitrogens with zero attached hydrogens (tertiary/aromatic N) is 2. The number of nitrogens with one attached hydrogen (secondary N) is 2. The molecule has 0 aliphatic heterocycles. The molecule has 3 aromatic rings. The number of aryl methyl sites for hydroxylation is 1. The second-order valence-corrected chi connectivity index (χ2v) is 6.36. The van der Waals surface area contributed by atoms with Crippen molar-refractivity contribution in [1.29, 1.82) is 0 Å². The molecule has 0 aliphatic carbocycles. The molecule has 0 saturated heterocycles. The standard InChI is InChI=1S/C22H22N4O2/c1-3-20(27)24-18-11-7-8-16(14-18)15-21(28)25-22(17-9-5-4-6-10-17)19-12-13-23-26(19)2/h3-14,22H,1,15H2,2H3,(H,24,27)(H,25,28). The molecule has 1 heterocycles. The van der Waals surface area contributed by atoms with Crippen LogP contribution in [0.25, 0.3) is 0 Å². The molecule has 0 spiro atoms. The van der Waals surface area contributed by atoms with Crippen LogP contribution in [0, 0.1) is 0 Å². The molecule has 1 unspecified atom stereocenters. The molecule has 0 saturated carbocycles. The first kappa shape index (κ1) is 19.1. The van der Waals surface area contributed by atoms with Crippen molar-refractivity contribution >= 4 is 17.5 Å². The molecule has 6 heteroatoms. The number of benzene rings is 2. The maximum Gasteiger partial charge on any atom is 0.247 e. The van der Waals surface area contributed by atoms with Gasteiger partial charge in [0.2, 0.25) is 11.8 Å². The van der Waals surface area contributed by atoms with Gasteiger partial charge in [-0.3, -0.25) is 14.3 Å². The fourth-order valence-electron chi connectivity index (χ4n) is 2.99. The quantitative estimate of drug-likeness (QED) is 0.624. The summed E-state index contributed by atoms with van der Waals surface area (Å²) in [5.41, 5.74) is 3.30. The lowest BCUT2D eigenvalue weighted by Gasteiger charge is -2.20. The molecule has 3 rings (SSSR count). The molecule has 0 fully saturated rings. The zero-order chi connectivity index (χ0) is 19.9. The summed E-state index contributed by atoms with van der Waals surface area (Å²) in [6, 6.07) is 18.6. The molecule has 2 N–H and O–H groups in total. The molecule has 0 aliphatic rings. The van der Waals surface area contributed by atoms with Crippen LogP contribution in [0.5, 0.6) is 0 Å². The monoisotopic (exact) mass is 374 g/mol. The number of aromatic nitrogens is 2. The van der Waals surface area contributed by atoms with E-state index in [0.717, 1.165) is 16.8 Å². The molecular weight excluding hydrogens is 352 g/mol. The Morgan fingerprint density at radius 1 is 1.14 bits per heavy atom. The van der Waals surface area contributed by atoms with Gasteiger partial charge in [-0.2, -0.15) is 5.10 Å². The van der Waals surface area contributed by atoms with Crippen molar-refractivity contribution < 1.29 is 9.59 Å². The van der Waals surface area contributed by atoms with Crippen molar-refractivity contribution in [3.8, 4) is 0 Å². The third-order valence-corrected chi connectivity index (χ3v) is 4.34. The molecule has 2 aromatic carbocycles. The van der Waals surface area contributed by atoms with Gasteiger partial charge in [-0.05, 0) is 35.4 Å². The van der Waals surface area contributed by atoms with Crippen LogP contribution in [0.1, 0.15) is 22.9 Å². The van der Waals surface area contributed by atoms with Gasteiger partial charge in [0.25, 0.3) is 0 Å². The largest absolute Gasteiger partial charge is 0.343 e. The van der Waals surface area contributed by atoms with Crippen LogP contribution >= 0.6 is 0 Å². The van der Waals surface area contributed by atoms with Gasteiger partial charge in [0.15, 0.2) is 0 Å². The Hall–Kier alpha value is -3.67. The Balaban J connectivity index is 1.76. The molecule has 1 atom stereocenters. The lowest BCUT2D eigenvalue weighted by molar-refractivity contribution is -0.121. The number of rotatable bonds is 7. The maximum absolute atomic E-state index is 12.7. The van der Waals surface area contributed by atoms with E-state index in [4.69, 9.17) is 0 Å². The summed E-state index contributed by atoms with van der Waals surface area (Å²) in [5.74, 6) is -0.413. The molecule has 142 valence electrons. The predicted molar refractivity (Wildman–Crippen MR) is 109 cm³/mol. The van der Waals surface area contributed by atoms with Gasteiger partial charge in [-0.15, -0.1) is 0 Å². The summed E-state index contributed by atoms with van der Waals surface area (Å²) in [5, 5.41) is 10.0. The minimum Gasteiger partial charge on any atom is -0.343 e. The zero-order valence-corrected chi connectivity index (χ0v) is 15.6. The summed E-state index contributed by atoms with van der Waals surface area (Å²) in [7, 11) is 1.85. The van der Waals surface area contributed by atoms with Crippen LogP contribution in [-0.4, -0.2) is 21.6 Å². The molecule has 28 heavy (non-hydrogen) atoms. The van der Waals surface area contributed by atoms with Crippen molar-refractivity contribution in [3.63, 3.8) is 0 Å². The highest BCUT2D eigenvalue weighted by Crippen LogP contribution is 2.21. The number of carbonyl (C=O) groups is 2. The maximum atomic E-state index is 12.7. The van der Waals surface area contributed by atoms with Crippen molar-refractivity contribution in [1.82, 2.24) is 15.1 Å². The van der Waals surface area contributed by atoms with Crippen molar-refractivity contribution in [3.05, 3.63) is 96.3 Å². The van der Waals surface area contributed by atoms with Gasteiger partial charge in [0, 0.05) is 18.9 Å². The van der Waals surface area contributed by atoms with Crippen molar-refractivity contribution in [2.45, 2.75) is 12.5 Å². The number of carbonyl (C=O) groups excluding carboxylic acids is 2. The highest BCUT2D eigenvalue weighted by atomic mass is 16.2.